The molecule has 2 atom stereocenters. The van der Waals surface area contributed by atoms with Crippen LogP contribution in [0.15, 0.2) is 72.9 Å². The third-order valence-corrected chi connectivity index (χ3v) is 9.67. The Kier molecular flexibility index (Phi) is 36.3. The fourth-order valence-corrected chi connectivity index (χ4v) is 6.05. The largest absolute Gasteiger partial charge is 0.756 e. The van der Waals surface area contributed by atoms with Crippen molar-refractivity contribution in [3.05, 3.63) is 72.9 Å². The molecule has 0 aliphatic heterocycles. The standard InChI is InChI=1S/C46H80NO8P/c1-6-8-10-12-14-16-18-20-22-23-25-26-28-30-32-34-36-38-45(48)52-42-44(43-54-56(50,51)53-41-40-47(3,4)5)55-46(49)39-37-35-33-31-29-27-24-21-19-17-15-13-11-9-7-2/h8,10,14-17,20-22,24-26,44H,6-7,9,11-13,18-19,23,27-43H2,1-5H3/b10-8-,16-14-,17-15-,22-20-,24-21-,26-25-/t44-/m1/s1. The highest BCUT2D eigenvalue weighted by atomic mass is 31.2. The maximum atomic E-state index is 12.7. The van der Waals surface area contributed by atoms with Gasteiger partial charge in [-0.3, -0.25) is 14.2 Å². The van der Waals surface area contributed by atoms with Gasteiger partial charge in [0, 0.05) is 12.8 Å². The molecule has 1 unspecified atom stereocenters. The maximum absolute atomic E-state index is 12.7. The number of phosphoric ester groups is 1. The topological polar surface area (TPSA) is 111 Å². The first-order valence-corrected chi connectivity index (χ1v) is 23.1. The van der Waals surface area contributed by atoms with Gasteiger partial charge in [0.1, 0.15) is 19.8 Å². The third-order valence-electron chi connectivity index (χ3n) is 8.71. The van der Waals surface area contributed by atoms with Crippen molar-refractivity contribution in [2.24, 2.45) is 0 Å². The summed E-state index contributed by atoms with van der Waals surface area (Å²) in [5.41, 5.74) is 0. The fraction of sp³-hybridized carbons (Fsp3) is 0.696. The lowest BCUT2D eigenvalue weighted by Gasteiger charge is -2.28. The first-order chi connectivity index (χ1) is 27.0. The van der Waals surface area contributed by atoms with Crippen LogP contribution in [0.3, 0.4) is 0 Å². The number of phosphoric acid groups is 1. The van der Waals surface area contributed by atoms with Gasteiger partial charge in [0.2, 0.25) is 0 Å². The Morgan fingerprint density at radius 3 is 1.52 bits per heavy atom. The van der Waals surface area contributed by atoms with Crippen LogP contribution in [0.2, 0.25) is 0 Å². The van der Waals surface area contributed by atoms with Crippen molar-refractivity contribution in [3.8, 4) is 0 Å². The number of unbranched alkanes of at least 4 members (excludes halogenated alkanes) is 12. The van der Waals surface area contributed by atoms with Crippen LogP contribution in [0, 0.1) is 0 Å². The van der Waals surface area contributed by atoms with E-state index in [1.807, 2.05) is 21.1 Å². The van der Waals surface area contributed by atoms with E-state index in [1.54, 1.807) is 0 Å². The molecule has 0 bridgehead atoms. The van der Waals surface area contributed by atoms with Crippen molar-refractivity contribution in [1.82, 2.24) is 0 Å². The summed E-state index contributed by atoms with van der Waals surface area (Å²) in [6.45, 7) is 4.02. The van der Waals surface area contributed by atoms with Crippen molar-refractivity contribution in [2.75, 3.05) is 47.5 Å². The van der Waals surface area contributed by atoms with E-state index in [0.29, 0.717) is 23.9 Å². The quantitative estimate of drug-likeness (QED) is 0.0199. The molecule has 0 aromatic heterocycles. The number of carbonyl (C=O) groups is 2. The van der Waals surface area contributed by atoms with Crippen molar-refractivity contribution in [1.29, 1.82) is 0 Å². The summed E-state index contributed by atoms with van der Waals surface area (Å²) in [5.74, 6) is -0.886. The average molecular weight is 806 g/mol. The van der Waals surface area contributed by atoms with Gasteiger partial charge in [0.25, 0.3) is 7.82 Å². The summed E-state index contributed by atoms with van der Waals surface area (Å²) in [7, 11) is 1.13. The number of quaternary nitrogens is 1. The molecule has 0 aliphatic rings. The summed E-state index contributed by atoms with van der Waals surface area (Å²) in [5, 5.41) is 0. The SMILES string of the molecule is CC/C=C\C/C=C\C/C=C\C/C=C\CCCCCCC(=O)OC[C@H](COP(=O)([O-])OCC[N+](C)(C)C)OC(=O)CCCCCCC/C=C\C/C=C\CCCCC. The van der Waals surface area contributed by atoms with E-state index < -0.39 is 32.5 Å². The molecule has 0 aromatic carbocycles. The Morgan fingerprint density at radius 2 is 1.02 bits per heavy atom. The second-order valence-corrected chi connectivity index (χ2v) is 16.7. The normalized spacial score (nSPS) is 14.3. The lowest BCUT2D eigenvalue weighted by molar-refractivity contribution is -0.870. The number of hydrogen-bond acceptors (Lipinski definition) is 8. The molecule has 10 heteroatoms. The van der Waals surface area contributed by atoms with Crippen LogP contribution in [-0.2, 0) is 32.7 Å². The molecule has 0 saturated carbocycles. The summed E-state index contributed by atoms with van der Waals surface area (Å²) < 4.78 is 33.8. The monoisotopic (exact) mass is 806 g/mol. The van der Waals surface area contributed by atoms with Crippen molar-refractivity contribution in [2.45, 2.75) is 161 Å². The van der Waals surface area contributed by atoms with Crippen LogP contribution in [-0.4, -0.2) is 70.0 Å². The predicted octanol–water partition coefficient (Wildman–Crippen LogP) is 11.6. The molecule has 0 rings (SSSR count). The minimum absolute atomic E-state index is 0.0417. The third kappa shape index (κ3) is 41.1. The van der Waals surface area contributed by atoms with Crippen molar-refractivity contribution >= 4 is 19.8 Å². The van der Waals surface area contributed by atoms with Crippen molar-refractivity contribution in [3.63, 3.8) is 0 Å². The number of likely N-dealkylation sites (N-methyl/N-ethyl adjacent to an activating group) is 1. The smallest absolute Gasteiger partial charge is 0.306 e. The molecule has 322 valence electrons. The molecule has 0 fully saturated rings. The van der Waals surface area contributed by atoms with Gasteiger partial charge in [0.05, 0.1) is 27.7 Å². The van der Waals surface area contributed by atoms with E-state index in [2.05, 4.69) is 86.8 Å². The number of carbonyl (C=O) groups excluding carboxylic acids is 2. The number of ether oxygens (including phenoxy) is 2. The van der Waals surface area contributed by atoms with Crippen LogP contribution >= 0.6 is 7.82 Å². The average Bonchev–Trinajstić information content (AvgIpc) is 3.15. The molecule has 0 radical (unpaired) electrons. The summed E-state index contributed by atoms with van der Waals surface area (Å²) >= 11 is 0. The Hall–Kier alpha value is -2.55. The summed E-state index contributed by atoms with van der Waals surface area (Å²) in [4.78, 5) is 37.5. The molecule has 56 heavy (non-hydrogen) atoms. The highest BCUT2D eigenvalue weighted by Crippen LogP contribution is 2.38. The van der Waals surface area contributed by atoms with Crippen LogP contribution in [0.1, 0.15) is 155 Å². The molecular weight excluding hydrogens is 725 g/mol. The lowest BCUT2D eigenvalue weighted by Crippen LogP contribution is -2.37. The number of allylic oxidation sites excluding steroid dienone is 12. The second-order valence-electron chi connectivity index (χ2n) is 15.3. The summed E-state index contributed by atoms with van der Waals surface area (Å²) in [6.07, 6.45) is 46.4. The number of esters is 2. The predicted molar refractivity (Wildman–Crippen MR) is 231 cm³/mol. The van der Waals surface area contributed by atoms with Gasteiger partial charge in [-0.2, -0.15) is 0 Å². The van der Waals surface area contributed by atoms with Gasteiger partial charge in [-0.1, -0.05) is 132 Å². The Balaban J connectivity index is 4.45. The van der Waals surface area contributed by atoms with Crippen LogP contribution in [0.25, 0.3) is 0 Å². The van der Waals surface area contributed by atoms with E-state index in [-0.39, 0.29) is 26.1 Å². The number of hydrogen-bond donors (Lipinski definition) is 0. The van der Waals surface area contributed by atoms with E-state index in [0.717, 1.165) is 89.9 Å². The van der Waals surface area contributed by atoms with Gasteiger partial charge in [-0.05, 0) is 83.5 Å². The first-order valence-electron chi connectivity index (χ1n) is 21.6. The van der Waals surface area contributed by atoms with Crippen LogP contribution < -0.4 is 4.89 Å². The van der Waals surface area contributed by atoms with Crippen LogP contribution in [0.5, 0.6) is 0 Å². The van der Waals surface area contributed by atoms with E-state index >= 15 is 0 Å². The Labute approximate surface area is 342 Å². The molecule has 0 amide bonds. The first kappa shape index (κ1) is 53.5. The maximum Gasteiger partial charge on any atom is 0.306 e. The molecule has 0 spiro atoms. The molecule has 9 nitrogen and oxygen atoms in total. The molecular formula is C46H80NO8P. The zero-order chi connectivity index (χ0) is 41.4. The van der Waals surface area contributed by atoms with Gasteiger partial charge in [-0.25, -0.2) is 0 Å². The van der Waals surface area contributed by atoms with Gasteiger partial charge in [0.15, 0.2) is 6.10 Å². The molecule has 0 saturated heterocycles. The molecule has 0 aliphatic carbocycles. The fourth-order valence-electron chi connectivity index (χ4n) is 5.32. The van der Waals surface area contributed by atoms with Gasteiger partial charge < -0.3 is 27.9 Å². The highest BCUT2D eigenvalue weighted by Gasteiger charge is 2.21. The number of nitrogens with zero attached hydrogens (tertiary/aromatic N) is 1. The van der Waals surface area contributed by atoms with Crippen molar-refractivity contribution < 1.29 is 42.1 Å². The molecule has 0 N–H and O–H groups in total. The van der Waals surface area contributed by atoms with Gasteiger partial charge >= 0.3 is 11.9 Å². The lowest BCUT2D eigenvalue weighted by atomic mass is 10.1. The zero-order valence-electron chi connectivity index (χ0n) is 36.1. The summed E-state index contributed by atoms with van der Waals surface area (Å²) in [6, 6.07) is 0. The molecule has 0 heterocycles. The van der Waals surface area contributed by atoms with E-state index in [9.17, 15) is 19.0 Å². The van der Waals surface area contributed by atoms with E-state index in [4.69, 9.17) is 18.5 Å². The minimum Gasteiger partial charge on any atom is -0.756 e. The zero-order valence-corrected chi connectivity index (χ0v) is 36.9. The van der Waals surface area contributed by atoms with E-state index in [1.165, 1.54) is 25.7 Å². The highest BCUT2D eigenvalue weighted by molar-refractivity contribution is 7.45. The van der Waals surface area contributed by atoms with Gasteiger partial charge in [-0.15, -0.1) is 0 Å². The number of rotatable bonds is 38. The Morgan fingerprint density at radius 1 is 0.571 bits per heavy atom. The molecule has 0 aromatic rings. The Bertz CT molecular complexity index is 1180. The van der Waals surface area contributed by atoms with Crippen LogP contribution in [0.4, 0.5) is 0 Å². The minimum atomic E-state index is -4.64. The second kappa shape index (κ2) is 38.0.